The summed E-state index contributed by atoms with van der Waals surface area (Å²) in [5, 5.41) is 9.80. The van der Waals surface area contributed by atoms with Crippen molar-refractivity contribution in [1.29, 1.82) is 0 Å². The van der Waals surface area contributed by atoms with Crippen LogP contribution in [0.1, 0.15) is 58.9 Å². The number of ether oxygens (including phenoxy) is 1. The van der Waals surface area contributed by atoms with Crippen LogP contribution in [0, 0.1) is 29.6 Å². The van der Waals surface area contributed by atoms with Gasteiger partial charge in [0, 0.05) is 12.0 Å². The monoisotopic (exact) mass is 328 g/mol. The Morgan fingerprint density at radius 1 is 1.12 bits per heavy atom. The number of hydrogen-bond donors (Lipinski definition) is 1. The fraction of sp³-hybridized carbons (Fsp3) is 0.636. The van der Waals surface area contributed by atoms with Gasteiger partial charge in [-0.3, -0.25) is 0 Å². The molecule has 2 aliphatic carbocycles. The topological polar surface area (TPSA) is 29.5 Å². The number of fused-ring (bicyclic) bond motifs is 1. The van der Waals surface area contributed by atoms with E-state index in [0.717, 1.165) is 17.2 Å². The smallest absolute Gasteiger partial charge is 0.123 e. The third-order valence-corrected chi connectivity index (χ3v) is 6.75. The number of allylic oxidation sites excluding steroid dienone is 1. The zero-order valence-corrected chi connectivity index (χ0v) is 15.9. The molecule has 0 aromatic heterocycles. The zero-order chi connectivity index (χ0) is 17.5. The second-order valence-electron chi connectivity index (χ2n) is 8.95. The highest BCUT2D eigenvalue weighted by Gasteiger charge is 2.51. The van der Waals surface area contributed by atoms with Gasteiger partial charge in [-0.25, -0.2) is 0 Å². The van der Waals surface area contributed by atoms with Crippen molar-refractivity contribution >= 4 is 0 Å². The first kappa shape index (κ1) is 17.4. The summed E-state index contributed by atoms with van der Waals surface area (Å²) >= 11 is 0. The molecule has 1 aromatic carbocycles. The van der Waals surface area contributed by atoms with Crippen LogP contribution in [0.15, 0.2) is 29.8 Å². The van der Waals surface area contributed by atoms with E-state index in [0.29, 0.717) is 23.4 Å². The fourth-order valence-corrected chi connectivity index (χ4v) is 5.45. The molecular formula is C22H32O2. The van der Waals surface area contributed by atoms with Crippen LogP contribution in [0.25, 0.3) is 0 Å². The van der Waals surface area contributed by atoms with E-state index in [1.54, 1.807) is 12.1 Å². The molecule has 1 fully saturated rings. The quantitative estimate of drug-likeness (QED) is 0.702. The predicted molar refractivity (Wildman–Crippen MR) is 99.4 cm³/mol. The van der Waals surface area contributed by atoms with Gasteiger partial charge in [0.15, 0.2) is 0 Å². The lowest BCUT2D eigenvalue weighted by molar-refractivity contribution is -0.0481. The Kier molecular flexibility index (Phi) is 4.44. The summed E-state index contributed by atoms with van der Waals surface area (Å²) in [5.41, 5.74) is 3.23. The number of rotatable bonds is 3. The van der Waals surface area contributed by atoms with Crippen molar-refractivity contribution < 1.29 is 9.84 Å². The highest BCUT2D eigenvalue weighted by Crippen LogP contribution is 2.59. The molecule has 2 aliphatic rings. The lowest BCUT2D eigenvalue weighted by Crippen LogP contribution is -2.50. The molecule has 0 saturated heterocycles. The first-order valence-electron chi connectivity index (χ1n) is 9.32. The van der Waals surface area contributed by atoms with Gasteiger partial charge in [-0.1, -0.05) is 38.8 Å². The van der Waals surface area contributed by atoms with Crippen molar-refractivity contribution in [2.75, 3.05) is 6.61 Å². The van der Waals surface area contributed by atoms with E-state index in [1.807, 2.05) is 13.0 Å². The van der Waals surface area contributed by atoms with Crippen molar-refractivity contribution in [2.45, 2.75) is 60.3 Å². The maximum Gasteiger partial charge on any atom is 0.123 e. The van der Waals surface area contributed by atoms with Gasteiger partial charge in [-0.2, -0.15) is 0 Å². The van der Waals surface area contributed by atoms with Crippen LogP contribution < -0.4 is 4.74 Å². The number of hydrogen-bond acceptors (Lipinski definition) is 2. The summed E-state index contributed by atoms with van der Waals surface area (Å²) in [7, 11) is 0. The van der Waals surface area contributed by atoms with E-state index in [-0.39, 0.29) is 5.75 Å². The molecule has 0 heterocycles. The number of aromatic hydroxyl groups is 1. The largest absolute Gasteiger partial charge is 0.508 e. The second kappa shape index (κ2) is 6.13. The van der Waals surface area contributed by atoms with Crippen LogP contribution in [0.2, 0.25) is 0 Å². The maximum absolute atomic E-state index is 9.80. The normalized spacial score (nSPS) is 32.0. The summed E-state index contributed by atoms with van der Waals surface area (Å²) in [6, 6.07) is 5.49. The molecule has 0 bridgehead atoms. The zero-order valence-electron chi connectivity index (χ0n) is 15.9. The third-order valence-electron chi connectivity index (χ3n) is 6.75. The van der Waals surface area contributed by atoms with Crippen molar-refractivity contribution in [3.8, 4) is 11.5 Å². The van der Waals surface area contributed by atoms with E-state index in [2.05, 4.69) is 33.8 Å². The first-order valence-corrected chi connectivity index (χ1v) is 9.32. The van der Waals surface area contributed by atoms with Gasteiger partial charge < -0.3 is 9.84 Å². The average molecular weight is 328 g/mol. The van der Waals surface area contributed by atoms with Crippen LogP contribution in [0.4, 0.5) is 0 Å². The Labute approximate surface area is 146 Å². The molecule has 0 amide bonds. The molecular weight excluding hydrogens is 296 g/mol. The summed E-state index contributed by atoms with van der Waals surface area (Å²) in [6.45, 7) is 12.3. The number of benzene rings is 1. The summed E-state index contributed by atoms with van der Waals surface area (Å²) in [4.78, 5) is 0. The van der Waals surface area contributed by atoms with Crippen LogP contribution in [0.5, 0.6) is 11.5 Å². The molecule has 1 aromatic rings. The number of phenolic OH excluding ortho intramolecular Hbond substituents is 1. The van der Waals surface area contributed by atoms with Gasteiger partial charge in [0.2, 0.25) is 0 Å². The minimum atomic E-state index is 0.281. The van der Waals surface area contributed by atoms with Crippen LogP contribution in [-0.2, 0) is 0 Å². The fourth-order valence-electron chi connectivity index (χ4n) is 5.45. The minimum Gasteiger partial charge on any atom is -0.508 e. The van der Waals surface area contributed by atoms with Crippen molar-refractivity contribution in [3.05, 3.63) is 35.4 Å². The van der Waals surface area contributed by atoms with Crippen LogP contribution in [0.3, 0.4) is 0 Å². The minimum absolute atomic E-state index is 0.281. The van der Waals surface area contributed by atoms with E-state index in [4.69, 9.17) is 4.74 Å². The average Bonchev–Trinajstić information content (AvgIpc) is 2.44. The standard InChI is InChI=1S/C22H32O2/c1-15-11-17(23)13-18(12-15)24-14-19-16(2)7-8-20-21(3,4)9-6-10-22(19,20)5/h7,11-13,19-20,23H,6,8-10,14H2,1-5H3/t19-,20-,22-/m0/s1. The Morgan fingerprint density at radius 2 is 1.88 bits per heavy atom. The van der Waals surface area contributed by atoms with E-state index in [1.165, 1.54) is 31.3 Å². The molecule has 2 heteroatoms. The lowest BCUT2D eigenvalue weighted by Gasteiger charge is -2.56. The number of aryl methyl sites for hydroxylation is 1. The van der Waals surface area contributed by atoms with Crippen molar-refractivity contribution in [3.63, 3.8) is 0 Å². The molecule has 3 rings (SSSR count). The van der Waals surface area contributed by atoms with Crippen LogP contribution >= 0.6 is 0 Å². The molecule has 1 saturated carbocycles. The molecule has 0 radical (unpaired) electrons. The Bertz CT molecular complexity index is 623. The first-order chi connectivity index (χ1) is 11.2. The van der Waals surface area contributed by atoms with Gasteiger partial charge in [0.1, 0.15) is 11.5 Å². The Balaban J connectivity index is 1.83. The summed E-state index contributed by atoms with van der Waals surface area (Å²) < 4.78 is 6.16. The Morgan fingerprint density at radius 3 is 2.58 bits per heavy atom. The van der Waals surface area contributed by atoms with Gasteiger partial charge in [0.25, 0.3) is 0 Å². The SMILES string of the molecule is CC1=CC[C@H]2C(C)(C)CCC[C@@]2(C)[C@H]1COc1cc(C)cc(O)c1. The molecule has 1 N–H and O–H groups in total. The molecule has 0 aliphatic heterocycles. The maximum atomic E-state index is 9.80. The molecule has 2 nitrogen and oxygen atoms in total. The number of phenols is 1. The van der Waals surface area contributed by atoms with Gasteiger partial charge in [-0.15, -0.1) is 0 Å². The van der Waals surface area contributed by atoms with Gasteiger partial charge in [-0.05, 0) is 67.6 Å². The van der Waals surface area contributed by atoms with Gasteiger partial charge in [0.05, 0.1) is 6.61 Å². The molecule has 132 valence electrons. The highest BCUT2D eigenvalue weighted by atomic mass is 16.5. The van der Waals surface area contributed by atoms with E-state index in [9.17, 15) is 5.11 Å². The van der Waals surface area contributed by atoms with Crippen molar-refractivity contribution in [2.24, 2.45) is 22.7 Å². The van der Waals surface area contributed by atoms with E-state index >= 15 is 0 Å². The van der Waals surface area contributed by atoms with Crippen LogP contribution in [-0.4, -0.2) is 11.7 Å². The van der Waals surface area contributed by atoms with Gasteiger partial charge >= 0.3 is 0 Å². The lowest BCUT2D eigenvalue weighted by atomic mass is 9.49. The molecule has 0 spiro atoms. The Hall–Kier alpha value is -1.44. The van der Waals surface area contributed by atoms with Crippen molar-refractivity contribution in [1.82, 2.24) is 0 Å². The molecule has 3 atom stereocenters. The summed E-state index contributed by atoms with van der Waals surface area (Å²) in [6.07, 6.45) is 7.59. The highest BCUT2D eigenvalue weighted by molar-refractivity contribution is 5.37. The van der Waals surface area contributed by atoms with E-state index < -0.39 is 0 Å². The predicted octanol–water partition coefficient (Wildman–Crippen LogP) is 5.88. The third kappa shape index (κ3) is 3.08. The molecule has 24 heavy (non-hydrogen) atoms. The summed E-state index contributed by atoms with van der Waals surface area (Å²) in [5.74, 6) is 2.24. The molecule has 0 unspecified atom stereocenters. The second-order valence-corrected chi connectivity index (χ2v) is 8.95.